The minimum absolute atomic E-state index is 0. The Balaban J connectivity index is 0.00000176. The molecule has 1 N–H and O–H groups in total. The van der Waals surface area contributed by atoms with Crippen LogP contribution in [0, 0.1) is 0 Å². The summed E-state index contributed by atoms with van der Waals surface area (Å²) in [6.45, 7) is 0.812. The van der Waals surface area contributed by atoms with Crippen LogP contribution in [0.4, 0.5) is 0 Å². The van der Waals surface area contributed by atoms with Crippen LogP contribution < -0.4 is 21.5 Å². The number of hydrogen-bond acceptors (Lipinski definition) is 2. The molecule has 0 radical (unpaired) electrons. The molecular weight excluding hydrogens is 344 g/mol. The molecule has 0 saturated carbocycles. The molecule has 22 heavy (non-hydrogen) atoms. The van der Waals surface area contributed by atoms with Gasteiger partial charge in [0, 0.05) is 29.6 Å². The first kappa shape index (κ1) is 16.2. The number of aromatic amines is 1. The maximum atomic E-state index is 11.5. The van der Waals surface area contributed by atoms with E-state index in [9.17, 15) is 4.79 Å². The second-order valence-electron chi connectivity index (χ2n) is 4.93. The van der Waals surface area contributed by atoms with Gasteiger partial charge in [-0.15, -0.1) is 0 Å². The van der Waals surface area contributed by atoms with Crippen LogP contribution in [0.1, 0.15) is 15.9 Å². The van der Waals surface area contributed by atoms with E-state index in [0.717, 1.165) is 18.5 Å². The first-order valence-corrected chi connectivity index (χ1v) is 6.90. The van der Waals surface area contributed by atoms with Crippen molar-refractivity contribution < 1.29 is 31.1 Å². The van der Waals surface area contributed by atoms with E-state index in [1.807, 2.05) is 35.2 Å². The zero-order valence-corrected chi connectivity index (χ0v) is 13.8. The number of hydrogen-bond donors (Lipinski definition) is 1. The molecule has 4 nitrogen and oxygen atoms in total. The van der Waals surface area contributed by atoms with Crippen LogP contribution in [0.25, 0.3) is 10.9 Å². The smallest absolute Gasteiger partial charge is 0.343 e. The number of pyridine rings is 1. The lowest BCUT2D eigenvalue weighted by atomic mass is 10.1. The van der Waals surface area contributed by atoms with Gasteiger partial charge in [-0.05, 0) is 17.7 Å². The zero-order chi connectivity index (χ0) is 14.7. The van der Waals surface area contributed by atoms with E-state index in [2.05, 4.69) is 23.3 Å². The Kier molecular flexibility index (Phi) is 5.33. The summed E-state index contributed by atoms with van der Waals surface area (Å²) in [6.07, 6.45) is 6.73. The van der Waals surface area contributed by atoms with Gasteiger partial charge in [-0.25, -0.2) is 9.36 Å². The van der Waals surface area contributed by atoms with Gasteiger partial charge < -0.3 is 26.7 Å². The maximum absolute atomic E-state index is 11.5. The summed E-state index contributed by atoms with van der Waals surface area (Å²) in [5.41, 5.74) is 3.00. The number of ether oxygens (including phenoxy) is 1. The average molecular weight is 361 g/mol. The van der Waals surface area contributed by atoms with Gasteiger partial charge in [0.15, 0.2) is 18.9 Å². The summed E-state index contributed by atoms with van der Waals surface area (Å²) in [7, 11) is 1.39. The number of halogens is 1. The van der Waals surface area contributed by atoms with Crippen LogP contribution >= 0.6 is 0 Å². The molecule has 0 amide bonds. The first-order valence-electron chi connectivity index (χ1n) is 6.90. The number of aromatic nitrogens is 2. The lowest BCUT2D eigenvalue weighted by molar-refractivity contribution is -0.696. The lowest BCUT2D eigenvalue weighted by Crippen LogP contribution is -3.00. The van der Waals surface area contributed by atoms with Crippen molar-refractivity contribution in [1.29, 1.82) is 0 Å². The normalized spacial score (nSPS) is 10.2. The van der Waals surface area contributed by atoms with Crippen molar-refractivity contribution in [2.75, 3.05) is 7.11 Å². The Morgan fingerprint density at radius 3 is 2.86 bits per heavy atom. The van der Waals surface area contributed by atoms with Crippen LogP contribution in [0.5, 0.6) is 0 Å². The van der Waals surface area contributed by atoms with Crippen molar-refractivity contribution in [3.63, 3.8) is 0 Å². The highest BCUT2D eigenvalue weighted by Gasteiger charge is 2.11. The fourth-order valence-corrected chi connectivity index (χ4v) is 2.49. The Morgan fingerprint density at radius 1 is 1.23 bits per heavy atom. The molecular formula is C17H17BrN2O2. The summed E-state index contributed by atoms with van der Waals surface area (Å²) in [6, 6.07) is 11.9. The van der Waals surface area contributed by atoms with Gasteiger partial charge in [0.05, 0.1) is 7.11 Å². The van der Waals surface area contributed by atoms with E-state index in [0.29, 0.717) is 5.56 Å². The number of rotatable bonds is 4. The number of nitrogens with one attached hydrogen (secondary N) is 1. The van der Waals surface area contributed by atoms with Crippen LogP contribution in [-0.4, -0.2) is 18.1 Å². The number of benzene rings is 1. The standard InChI is InChI=1S/C17H17N2O2.BrH/c1-21-17(20)14-5-4-9-19(12-14)10-8-13-11-18-16-7-3-2-6-15(13)16;/h2-7,9,11-12,18H,8,10H2,1H3;1H/q+1;/p-1. The lowest BCUT2D eigenvalue weighted by Gasteiger charge is -2.00. The average Bonchev–Trinajstić information content (AvgIpc) is 2.95. The number of esters is 1. The Labute approximate surface area is 139 Å². The molecule has 0 aliphatic carbocycles. The van der Waals surface area contributed by atoms with Gasteiger partial charge in [-0.1, -0.05) is 18.2 Å². The van der Waals surface area contributed by atoms with Gasteiger partial charge in [0.25, 0.3) is 0 Å². The molecule has 0 fully saturated rings. The van der Waals surface area contributed by atoms with Gasteiger partial charge >= 0.3 is 5.97 Å². The number of carbonyl (C=O) groups is 1. The van der Waals surface area contributed by atoms with E-state index in [1.165, 1.54) is 18.1 Å². The van der Waals surface area contributed by atoms with Crippen molar-refractivity contribution >= 4 is 16.9 Å². The van der Waals surface area contributed by atoms with Gasteiger partial charge in [-0.2, -0.15) is 0 Å². The van der Waals surface area contributed by atoms with Crippen LogP contribution in [0.2, 0.25) is 0 Å². The number of aryl methyl sites for hydroxylation is 2. The van der Waals surface area contributed by atoms with Gasteiger partial charge in [0.1, 0.15) is 5.56 Å². The summed E-state index contributed by atoms with van der Waals surface area (Å²) >= 11 is 0. The van der Waals surface area contributed by atoms with Crippen molar-refractivity contribution in [1.82, 2.24) is 4.98 Å². The van der Waals surface area contributed by atoms with E-state index in [-0.39, 0.29) is 23.0 Å². The molecule has 2 aromatic heterocycles. The molecule has 0 aliphatic heterocycles. The Hall–Kier alpha value is -2.14. The second kappa shape index (κ2) is 7.22. The van der Waals surface area contributed by atoms with E-state index >= 15 is 0 Å². The number of methoxy groups -OCH3 is 1. The summed E-state index contributed by atoms with van der Waals surface area (Å²) < 4.78 is 6.75. The van der Waals surface area contributed by atoms with Gasteiger partial charge in [-0.3, -0.25) is 0 Å². The number of nitrogens with zero attached hydrogens (tertiary/aromatic N) is 1. The highest BCUT2D eigenvalue weighted by molar-refractivity contribution is 5.88. The number of fused-ring (bicyclic) bond motifs is 1. The van der Waals surface area contributed by atoms with E-state index in [1.54, 1.807) is 6.07 Å². The molecule has 5 heteroatoms. The Bertz CT molecular complexity index is 783. The molecule has 1 aromatic carbocycles. The third-order valence-electron chi connectivity index (χ3n) is 3.59. The predicted octanol–water partition coefficient (Wildman–Crippen LogP) is -0.511. The summed E-state index contributed by atoms with van der Waals surface area (Å²) in [5.74, 6) is -0.309. The second-order valence-corrected chi connectivity index (χ2v) is 4.93. The fourth-order valence-electron chi connectivity index (χ4n) is 2.49. The molecule has 0 aliphatic rings. The molecule has 114 valence electrons. The highest BCUT2D eigenvalue weighted by atomic mass is 79.9. The van der Waals surface area contributed by atoms with Crippen molar-refractivity contribution in [3.05, 3.63) is 66.1 Å². The molecule has 3 rings (SSSR count). The Morgan fingerprint density at radius 2 is 2.05 bits per heavy atom. The third kappa shape index (κ3) is 3.36. The van der Waals surface area contributed by atoms with Crippen LogP contribution in [0.15, 0.2) is 55.0 Å². The quantitative estimate of drug-likeness (QED) is 0.503. The monoisotopic (exact) mass is 360 g/mol. The molecule has 3 aromatic rings. The molecule has 0 saturated heterocycles. The molecule has 0 bridgehead atoms. The summed E-state index contributed by atoms with van der Waals surface area (Å²) in [5, 5.41) is 1.25. The topological polar surface area (TPSA) is 46.0 Å². The number of carbonyl (C=O) groups excluding carboxylic acids is 1. The van der Waals surface area contributed by atoms with Crippen molar-refractivity contribution in [2.45, 2.75) is 13.0 Å². The number of para-hydroxylation sites is 1. The molecule has 0 atom stereocenters. The minimum atomic E-state index is -0.309. The third-order valence-corrected chi connectivity index (χ3v) is 3.59. The molecule has 2 heterocycles. The predicted molar refractivity (Wildman–Crippen MR) is 80.0 cm³/mol. The highest BCUT2D eigenvalue weighted by Crippen LogP contribution is 2.17. The van der Waals surface area contributed by atoms with Crippen molar-refractivity contribution in [2.24, 2.45) is 0 Å². The maximum Gasteiger partial charge on any atom is 0.343 e. The van der Waals surface area contributed by atoms with Gasteiger partial charge in [0.2, 0.25) is 0 Å². The minimum Gasteiger partial charge on any atom is -1.00 e. The molecule has 0 unspecified atom stereocenters. The SMILES string of the molecule is COC(=O)c1ccc[n+](CCc2c[nH]c3ccccc23)c1.[Br-]. The largest absolute Gasteiger partial charge is 1.00 e. The number of H-pyrrole nitrogens is 1. The zero-order valence-electron chi connectivity index (χ0n) is 12.3. The fraction of sp³-hybridized carbons (Fsp3) is 0.176. The van der Waals surface area contributed by atoms with Crippen LogP contribution in [-0.2, 0) is 17.7 Å². The molecule has 0 spiro atoms. The van der Waals surface area contributed by atoms with Crippen LogP contribution in [0.3, 0.4) is 0 Å². The first-order chi connectivity index (χ1) is 10.3. The van der Waals surface area contributed by atoms with Crippen molar-refractivity contribution in [3.8, 4) is 0 Å². The van der Waals surface area contributed by atoms with E-state index in [4.69, 9.17) is 4.74 Å². The van der Waals surface area contributed by atoms with E-state index < -0.39 is 0 Å². The summed E-state index contributed by atoms with van der Waals surface area (Å²) in [4.78, 5) is 14.8.